The van der Waals surface area contributed by atoms with Gasteiger partial charge in [-0.25, -0.2) is 4.39 Å². The number of carbonyl (C=O) groups is 1. The lowest BCUT2D eigenvalue weighted by Crippen LogP contribution is -2.13. The van der Waals surface area contributed by atoms with Crippen LogP contribution in [0.4, 0.5) is 10.1 Å². The zero-order chi connectivity index (χ0) is 18.5. The highest BCUT2D eigenvalue weighted by atomic mass is 19.1. The molecule has 0 atom stereocenters. The Morgan fingerprint density at radius 1 is 0.923 bits per heavy atom. The van der Waals surface area contributed by atoms with E-state index < -0.39 is 11.7 Å². The lowest BCUT2D eigenvalue weighted by atomic mass is 10.0. The molecule has 3 nitrogen and oxygen atoms in total. The molecule has 3 aromatic carbocycles. The highest BCUT2D eigenvalue weighted by Gasteiger charge is 2.11. The summed E-state index contributed by atoms with van der Waals surface area (Å²) in [5, 5.41) is 2.69. The van der Waals surface area contributed by atoms with Crippen molar-refractivity contribution in [1.82, 2.24) is 0 Å². The van der Waals surface area contributed by atoms with E-state index in [2.05, 4.69) is 19.2 Å². The quantitative estimate of drug-likeness (QED) is 0.614. The predicted octanol–water partition coefficient (Wildman–Crippen LogP) is 5.99. The minimum atomic E-state index is -0.553. The fourth-order valence-electron chi connectivity index (χ4n) is 2.54. The van der Waals surface area contributed by atoms with Gasteiger partial charge in [-0.1, -0.05) is 44.2 Å². The first-order chi connectivity index (χ1) is 12.5. The van der Waals surface area contributed by atoms with Gasteiger partial charge in [-0.15, -0.1) is 0 Å². The Kier molecular flexibility index (Phi) is 5.32. The maximum Gasteiger partial charge on any atom is 0.258 e. The second-order valence-corrected chi connectivity index (χ2v) is 6.29. The molecule has 0 bridgehead atoms. The maximum absolute atomic E-state index is 13.7. The van der Waals surface area contributed by atoms with Gasteiger partial charge in [0.1, 0.15) is 17.3 Å². The van der Waals surface area contributed by atoms with Gasteiger partial charge in [0, 0.05) is 11.8 Å². The highest BCUT2D eigenvalue weighted by molar-refractivity contribution is 6.04. The van der Waals surface area contributed by atoms with Crippen molar-refractivity contribution >= 4 is 11.6 Å². The van der Waals surface area contributed by atoms with Crippen molar-refractivity contribution in [3.05, 3.63) is 89.7 Å². The van der Waals surface area contributed by atoms with Gasteiger partial charge in [0.15, 0.2) is 0 Å². The summed E-state index contributed by atoms with van der Waals surface area (Å²) in [6, 6.07) is 20.8. The summed E-state index contributed by atoms with van der Waals surface area (Å²) >= 11 is 0. The summed E-state index contributed by atoms with van der Waals surface area (Å²) in [4.78, 5) is 12.2. The van der Waals surface area contributed by atoms with E-state index in [9.17, 15) is 9.18 Å². The van der Waals surface area contributed by atoms with Gasteiger partial charge in [-0.3, -0.25) is 4.79 Å². The molecule has 0 heterocycles. The Hall–Kier alpha value is -3.14. The zero-order valence-corrected chi connectivity index (χ0v) is 14.7. The van der Waals surface area contributed by atoms with Crippen molar-refractivity contribution in [3.8, 4) is 11.5 Å². The van der Waals surface area contributed by atoms with Crippen LogP contribution in [0.5, 0.6) is 11.5 Å². The summed E-state index contributed by atoms with van der Waals surface area (Å²) in [6.45, 7) is 4.27. The molecule has 3 aromatic rings. The second-order valence-electron chi connectivity index (χ2n) is 6.29. The first kappa shape index (κ1) is 17.7. The molecule has 26 heavy (non-hydrogen) atoms. The van der Waals surface area contributed by atoms with E-state index in [4.69, 9.17) is 4.74 Å². The standard InChI is InChI=1S/C22H20FNO2/c1-15(2)16-10-12-18(13-11-16)26-19-7-5-6-17(14-19)24-22(25)20-8-3-4-9-21(20)23/h3-15H,1-2H3,(H,24,25). The molecule has 0 aliphatic carbocycles. The fourth-order valence-corrected chi connectivity index (χ4v) is 2.54. The molecule has 1 N–H and O–H groups in total. The summed E-state index contributed by atoms with van der Waals surface area (Å²) in [6.07, 6.45) is 0. The lowest BCUT2D eigenvalue weighted by Gasteiger charge is -2.10. The third-order valence-electron chi connectivity index (χ3n) is 3.99. The van der Waals surface area contributed by atoms with Gasteiger partial charge >= 0.3 is 0 Å². The van der Waals surface area contributed by atoms with Crippen molar-refractivity contribution in [2.24, 2.45) is 0 Å². The first-order valence-corrected chi connectivity index (χ1v) is 8.46. The van der Waals surface area contributed by atoms with Gasteiger partial charge < -0.3 is 10.1 Å². The largest absolute Gasteiger partial charge is 0.457 e. The normalized spacial score (nSPS) is 10.6. The summed E-state index contributed by atoms with van der Waals surface area (Å²) in [5.74, 6) is 0.714. The average Bonchev–Trinajstić information content (AvgIpc) is 2.63. The van der Waals surface area contributed by atoms with Crippen LogP contribution in [0.1, 0.15) is 35.7 Å². The van der Waals surface area contributed by atoms with Crippen LogP contribution < -0.4 is 10.1 Å². The fraction of sp³-hybridized carbons (Fsp3) is 0.136. The van der Waals surface area contributed by atoms with Crippen molar-refractivity contribution < 1.29 is 13.9 Å². The van der Waals surface area contributed by atoms with E-state index >= 15 is 0 Å². The first-order valence-electron chi connectivity index (χ1n) is 8.46. The minimum Gasteiger partial charge on any atom is -0.457 e. The molecule has 0 spiro atoms. The number of anilines is 1. The Bertz CT molecular complexity index is 904. The minimum absolute atomic E-state index is 0.00287. The van der Waals surface area contributed by atoms with Crippen molar-refractivity contribution in [2.75, 3.05) is 5.32 Å². The van der Waals surface area contributed by atoms with E-state index in [0.717, 1.165) is 0 Å². The molecular formula is C22H20FNO2. The third kappa shape index (κ3) is 4.28. The molecule has 0 saturated heterocycles. The Labute approximate surface area is 152 Å². The van der Waals surface area contributed by atoms with Crippen LogP contribution in [-0.4, -0.2) is 5.91 Å². The molecule has 0 radical (unpaired) electrons. The van der Waals surface area contributed by atoms with Crippen molar-refractivity contribution in [3.63, 3.8) is 0 Å². The number of amides is 1. The molecule has 1 amide bonds. The molecule has 0 aliphatic heterocycles. The van der Waals surface area contributed by atoms with Gasteiger partial charge in [-0.2, -0.15) is 0 Å². The van der Waals surface area contributed by atoms with Gasteiger partial charge in [0.05, 0.1) is 5.56 Å². The third-order valence-corrected chi connectivity index (χ3v) is 3.99. The molecule has 0 saturated carbocycles. The molecule has 0 aliphatic rings. The predicted molar refractivity (Wildman–Crippen MR) is 101 cm³/mol. The second kappa shape index (κ2) is 7.83. The molecular weight excluding hydrogens is 329 g/mol. The highest BCUT2D eigenvalue weighted by Crippen LogP contribution is 2.26. The van der Waals surface area contributed by atoms with E-state index in [1.165, 1.54) is 17.7 Å². The lowest BCUT2D eigenvalue weighted by molar-refractivity contribution is 0.102. The molecule has 4 heteroatoms. The Morgan fingerprint density at radius 2 is 1.65 bits per heavy atom. The van der Waals surface area contributed by atoms with Crippen LogP contribution in [0, 0.1) is 5.82 Å². The monoisotopic (exact) mass is 349 g/mol. The number of nitrogens with one attached hydrogen (secondary N) is 1. The van der Waals surface area contributed by atoms with Crippen LogP contribution >= 0.6 is 0 Å². The molecule has 0 unspecified atom stereocenters. The summed E-state index contributed by atoms with van der Waals surface area (Å²) in [7, 11) is 0. The van der Waals surface area contributed by atoms with E-state index in [-0.39, 0.29) is 5.56 Å². The number of halogens is 1. The molecule has 0 aromatic heterocycles. The zero-order valence-electron chi connectivity index (χ0n) is 14.7. The number of hydrogen-bond donors (Lipinski definition) is 1. The van der Waals surface area contributed by atoms with E-state index in [1.807, 2.05) is 24.3 Å². The maximum atomic E-state index is 13.7. The van der Waals surface area contributed by atoms with Crippen molar-refractivity contribution in [1.29, 1.82) is 0 Å². The van der Waals surface area contributed by atoms with Crippen LogP contribution in [-0.2, 0) is 0 Å². The number of benzene rings is 3. The average molecular weight is 349 g/mol. The Morgan fingerprint density at radius 3 is 2.35 bits per heavy atom. The summed E-state index contributed by atoms with van der Waals surface area (Å²) in [5.41, 5.74) is 1.78. The number of carbonyl (C=O) groups excluding carboxylic acids is 1. The van der Waals surface area contributed by atoms with Crippen LogP contribution in [0.3, 0.4) is 0 Å². The molecule has 0 fully saturated rings. The number of ether oxygens (including phenoxy) is 1. The van der Waals surface area contributed by atoms with Crippen LogP contribution in [0.2, 0.25) is 0 Å². The van der Waals surface area contributed by atoms with Crippen LogP contribution in [0.25, 0.3) is 0 Å². The van der Waals surface area contributed by atoms with E-state index in [0.29, 0.717) is 23.1 Å². The van der Waals surface area contributed by atoms with Crippen LogP contribution in [0.15, 0.2) is 72.8 Å². The smallest absolute Gasteiger partial charge is 0.258 e. The molecule has 3 rings (SSSR count). The van der Waals surface area contributed by atoms with E-state index in [1.54, 1.807) is 36.4 Å². The van der Waals surface area contributed by atoms with Gasteiger partial charge in [-0.05, 0) is 47.9 Å². The number of rotatable bonds is 5. The Balaban J connectivity index is 1.72. The summed E-state index contributed by atoms with van der Waals surface area (Å²) < 4.78 is 19.6. The van der Waals surface area contributed by atoms with Gasteiger partial charge in [0.2, 0.25) is 0 Å². The topological polar surface area (TPSA) is 38.3 Å². The van der Waals surface area contributed by atoms with Gasteiger partial charge in [0.25, 0.3) is 5.91 Å². The number of hydrogen-bond acceptors (Lipinski definition) is 2. The molecule has 132 valence electrons. The SMILES string of the molecule is CC(C)c1ccc(Oc2cccc(NC(=O)c3ccccc3F)c2)cc1. The van der Waals surface area contributed by atoms with Crippen molar-refractivity contribution in [2.45, 2.75) is 19.8 Å².